The largest absolute Gasteiger partial charge is 0.477 e. The van der Waals surface area contributed by atoms with E-state index in [-0.39, 0.29) is 10.4 Å². The minimum absolute atomic E-state index is 0.150. The number of aromatic carboxylic acids is 1. The van der Waals surface area contributed by atoms with Gasteiger partial charge in [-0.05, 0) is 25.1 Å². The average molecular weight is 294 g/mol. The van der Waals surface area contributed by atoms with Crippen molar-refractivity contribution in [3.63, 3.8) is 0 Å². The molecule has 2 rings (SSSR count). The van der Waals surface area contributed by atoms with Crippen LogP contribution in [0.2, 0.25) is 0 Å². The number of nitriles is 1. The van der Waals surface area contributed by atoms with Gasteiger partial charge in [-0.2, -0.15) is 5.26 Å². The Balaban J connectivity index is 2.29. The quantitative estimate of drug-likeness (QED) is 0.940. The number of thiazole rings is 1. The normalized spacial score (nSPS) is 10.2. The lowest BCUT2D eigenvalue weighted by Crippen LogP contribution is -1.94. The van der Waals surface area contributed by atoms with Crippen LogP contribution in [0.1, 0.15) is 20.9 Å². The second-order valence-corrected chi connectivity index (χ2v) is 5.85. The van der Waals surface area contributed by atoms with Gasteiger partial charge in [0, 0.05) is 0 Å². The van der Waals surface area contributed by atoms with Crippen molar-refractivity contribution in [2.75, 3.05) is 0 Å². The molecule has 7 heteroatoms. The van der Waals surface area contributed by atoms with Gasteiger partial charge in [0.2, 0.25) is 0 Å². The van der Waals surface area contributed by atoms with Crippen molar-refractivity contribution in [3.05, 3.63) is 40.2 Å². The van der Waals surface area contributed by atoms with Crippen LogP contribution in [-0.4, -0.2) is 16.1 Å². The fourth-order valence-electron chi connectivity index (χ4n) is 1.36. The molecule has 1 N–H and O–H groups in total. The van der Waals surface area contributed by atoms with Crippen LogP contribution >= 0.6 is 23.1 Å². The summed E-state index contributed by atoms with van der Waals surface area (Å²) in [5.41, 5.74) is 0.650. The van der Waals surface area contributed by atoms with E-state index >= 15 is 0 Å². The van der Waals surface area contributed by atoms with E-state index in [1.807, 2.05) is 6.07 Å². The van der Waals surface area contributed by atoms with Gasteiger partial charge in [0.1, 0.15) is 10.7 Å². The van der Waals surface area contributed by atoms with E-state index in [2.05, 4.69) is 4.98 Å². The number of rotatable bonds is 3. The van der Waals surface area contributed by atoms with Crippen LogP contribution in [0.4, 0.5) is 4.39 Å². The molecule has 0 radical (unpaired) electrons. The molecule has 1 aromatic heterocycles. The summed E-state index contributed by atoms with van der Waals surface area (Å²) in [5, 5.41) is 17.6. The van der Waals surface area contributed by atoms with Gasteiger partial charge in [0.15, 0.2) is 4.34 Å². The molecule has 0 saturated carbocycles. The van der Waals surface area contributed by atoms with Gasteiger partial charge in [0.05, 0.1) is 22.2 Å². The van der Waals surface area contributed by atoms with Crippen LogP contribution in [0, 0.1) is 24.1 Å². The van der Waals surface area contributed by atoms with Crippen molar-refractivity contribution in [1.29, 1.82) is 5.26 Å². The topological polar surface area (TPSA) is 74.0 Å². The highest BCUT2D eigenvalue weighted by Gasteiger charge is 2.16. The van der Waals surface area contributed by atoms with E-state index < -0.39 is 11.8 Å². The second-order valence-electron chi connectivity index (χ2n) is 3.56. The summed E-state index contributed by atoms with van der Waals surface area (Å²) in [6.07, 6.45) is 0. The molecule has 0 spiro atoms. The zero-order chi connectivity index (χ0) is 14.0. The van der Waals surface area contributed by atoms with Gasteiger partial charge in [-0.25, -0.2) is 14.2 Å². The van der Waals surface area contributed by atoms with Crippen molar-refractivity contribution in [3.8, 4) is 6.07 Å². The number of aromatic nitrogens is 1. The number of carbonyl (C=O) groups is 1. The maximum Gasteiger partial charge on any atom is 0.347 e. The lowest BCUT2D eigenvalue weighted by molar-refractivity contribution is 0.0701. The average Bonchev–Trinajstić information content (AvgIpc) is 2.73. The highest BCUT2D eigenvalue weighted by Crippen LogP contribution is 2.34. The Kier molecular flexibility index (Phi) is 3.83. The molecular formula is C12H7FN2O2S2. The Labute approximate surface area is 116 Å². The number of nitrogens with zero attached hydrogens (tertiary/aromatic N) is 2. The number of carboxylic acids is 1. The van der Waals surface area contributed by atoms with E-state index in [0.29, 0.717) is 14.9 Å². The van der Waals surface area contributed by atoms with Crippen LogP contribution in [0.3, 0.4) is 0 Å². The summed E-state index contributed by atoms with van der Waals surface area (Å²) < 4.78 is 14.1. The number of hydrogen-bond acceptors (Lipinski definition) is 5. The van der Waals surface area contributed by atoms with E-state index in [1.165, 1.54) is 12.1 Å². The van der Waals surface area contributed by atoms with Crippen molar-refractivity contribution < 1.29 is 14.3 Å². The molecule has 4 nitrogen and oxygen atoms in total. The summed E-state index contributed by atoms with van der Waals surface area (Å²) in [4.78, 5) is 15.4. The molecule has 0 amide bonds. The summed E-state index contributed by atoms with van der Waals surface area (Å²) in [5.74, 6) is -1.56. The van der Waals surface area contributed by atoms with E-state index in [0.717, 1.165) is 29.2 Å². The molecule has 0 aliphatic rings. The molecule has 0 atom stereocenters. The number of halogens is 1. The molecule has 0 unspecified atom stereocenters. The molecule has 0 aliphatic carbocycles. The van der Waals surface area contributed by atoms with Crippen molar-refractivity contribution in [1.82, 2.24) is 4.98 Å². The predicted molar refractivity (Wildman–Crippen MR) is 69.0 cm³/mol. The first-order valence-electron chi connectivity index (χ1n) is 5.09. The number of hydrogen-bond donors (Lipinski definition) is 1. The predicted octanol–water partition coefficient (Wildman–Crippen LogP) is 3.31. The highest BCUT2D eigenvalue weighted by molar-refractivity contribution is 8.01. The molecule has 96 valence electrons. The molecule has 2 aromatic rings. The van der Waals surface area contributed by atoms with E-state index in [4.69, 9.17) is 10.4 Å². The SMILES string of the molecule is Cc1nc(Sc2ccc(C#N)cc2F)sc1C(=O)O. The first-order chi connectivity index (χ1) is 9.01. The van der Waals surface area contributed by atoms with E-state index in [9.17, 15) is 9.18 Å². The molecule has 1 heterocycles. The Morgan fingerprint density at radius 3 is 2.84 bits per heavy atom. The highest BCUT2D eigenvalue weighted by atomic mass is 32.2. The Hall–Kier alpha value is -1.91. The van der Waals surface area contributed by atoms with Gasteiger partial charge in [-0.3, -0.25) is 0 Å². The van der Waals surface area contributed by atoms with Gasteiger partial charge >= 0.3 is 5.97 Å². The zero-order valence-corrected chi connectivity index (χ0v) is 11.3. The molecule has 1 aromatic carbocycles. The summed E-state index contributed by atoms with van der Waals surface area (Å²) in [7, 11) is 0. The summed E-state index contributed by atoms with van der Waals surface area (Å²) in [6, 6.07) is 5.97. The van der Waals surface area contributed by atoms with Gasteiger partial charge in [0.25, 0.3) is 0 Å². The monoisotopic (exact) mass is 294 g/mol. The Bertz CT molecular complexity index is 692. The minimum atomic E-state index is -1.04. The first-order valence-corrected chi connectivity index (χ1v) is 6.73. The molecule has 0 aliphatic heterocycles. The van der Waals surface area contributed by atoms with Crippen LogP contribution in [0.5, 0.6) is 0 Å². The Morgan fingerprint density at radius 2 is 2.32 bits per heavy atom. The molecular weight excluding hydrogens is 287 g/mol. The van der Waals surface area contributed by atoms with Crippen LogP contribution < -0.4 is 0 Å². The third-order valence-electron chi connectivity index (χ3n) is 2.23. The van der Waals surface area contributed by atoms with Crippen molar-refractivity contribution in [2.24, 2.45) is 0 Å². The second kappa shape index (κ2) is 5.38. The van der Waals surface area contributed by atoms with Gasteiger partial charge < -0.3 is 5.11 Å². The molecule has 19 heavy (non-hydrogen) atoms. The lowest BCUT2D eigenvalue weighted by Gasteiger charge is -1.99. The first kappa shape index (κ1) is 13.5. The van der Waals surface area contributed by atoms with Crippen molar-refractivity contribution >= 4 is 29.1 Å². The minimum Gasteiger partial charge on any atom is -0.477 e. The fraction of sp³-hybridized carbons (Fsp3) is 0.0833. The Morgan fingerprint density at radius 1 is 1.58 bits per heavy atom. The summed E-state index contributed by atoms with van der Waals surface area (Å²) in [6.45, 7) is 1.60. The van der Waals surface area contributed by atoms with Gasteiger partial charge in [-0.15, -0.1) is 11.3 Å². The molecule has 0 fully saturated rings. The zero-order valence-electron chi connectivity index (χ0n) is 9.68. The van der Waals surface area contributed by atoms with Crippen molar-refractivity contribution in [2.45, 2.75) is 16.2 Å². The smallest absolute Gasteiger partial charge is 0.347 e. The third kappa shape index (κ3) is 2.92. The summed E-state index contributed by atoms with van der Waals surface area (Å²) >= 11 is 2.05. The number of aryl methyl sites for hydroxylation is 1. The standard InChI is InChI=1S/C12H7FN2O2S2/c1-6-10(11(16)17)19-12(15-6)18-9-3-2-7(5-14)4-8(9)13/h2-4H,1H3,(H,16,17). The third-order valence-corrected chi connectivity index (χ3v) is 4.49. The van der Waals surface area contributed by atoms with Crippen LogP contribution in [0.25, 0.3) is 0 Å². The number of benzene rings is 1. The van der Waals surface area contributed by atoms with E-state index in [1.54, 1.807) is 6.92 Å². The number of carboxylic acid groups (broad SMARTS) is 1. The molecule has 0 saturated heterocycles. The fourth-order valence-corrected chi connectivity index (χ4v) is 3.35. The maximum absolute atomic E-state index is 13.7. The maximum atomic E-state index is 13.7. The van der Waals surface area contributed by atoms with Crippen LogP contribution in [-0.2, 0) is 0 Å². The lowest BCUT2D eigenvalue weighted by atomic mass is 10.2. The van der Waals surface area contributed by atoms with Gasteiger partial charge in [-0.1, -0.05) is 11.8 Å². The van der Waals surface area contributed by atoms with Crippen LogP contribution in [0.15, 0.2) is 27.4 Å². The molecule has 0 bridgehead atoms.